The lowest BCUT2D eigenvalue weighted by atomic mass is 9.99. The van der Waals surface area contributed by atoms with Crippen molar-refractivity contribution in [2.75, 3.05) is 11.4 Å². The van der Waals surface area contributed by atoms with E-state index in [1.54, 1.807) is 6.07 Å². The van der Waals surface area contributed by atoms with E-state index < -0.39 is 0 Å². The van der Waals surface area contributed by atoms with E-state index in [4.69, 9.17) is 5.73 Å². The van der Waals surface area contributed by atoms with Crippen molar-refractivity contribution in [1.82, 2.24) is 0 Å². The second-order valence-electron chi connectivity index (χ2n) is 4.77. The van der Waals surface area contributed by atoms with Crippen LogP contribution in [-0.4, -0.2) is 24.8 Å². The maximum atomic E-state index is 11.5. The van der Waals surface area contributed by atoms with Crippen LogP contribution in [0.15, 0.2) is 18.2 Å². The summed E-state index contributed by atoms with van der Waals surface area (Å²) in [5.41, 5.74) is 8.04. The molecule has 2 N–H and O–H groups in total. The normalized spacial score (nSPS) is 19.6. The van der Waals surface area contributed by atoms with Gasteiger partial charge in [-0.15, -0.1) is 0 Å². The van der Waals surface area contributed by atoms with Crippen LogP contribution in [0, 0.1) is 6.92 Å². The van der Waals surface area contributed by atoms with Gasteiger partial charge in [0, 0.05) is 17.8 Å². The number of nitrogens with two attached hydrogens (primary N) is 1. The Morgan fingerprint density at radius 1 is 1.44 bits per heavy atom. The lowest BCUT2D eigenvalue weighted by Gasteiger charge is -2.35. The average molecular weight is 246 g/mol. The third kappa shape index (κ3) is 2.37. The van der Waals surface area contributed by atoms with Crippen LogP contribution in [0.4, 0.5) is 5.69 Å². The van der Waals surface area contributed by atoms with E-state index in [2.05, 4.69) is 0 Å². The first-order valence-corrected chi connectivity index (χ1v) is 6.25. The summed E-state index contributed by atoms with van der Waals surface area (Å²) in [6.07, 6.45) is 3.76. The molecule has 0 bridgehead atoms. The lowest BCUT2D eigenvalue weighted by Crippen LogP contribution is -2.47. The van der Waals surface area contributed by atoms with Gasteiger partial charge in [0.25, 0.3) is 0 Å². The second kappa shape index (κ2) is 5.21. The summed E-state index contributed by atoms with van der Waals surface area (Å²) in [5, 5.41) is 0. The smallest absolute Gasteiger partial charge is 0.240 e. The van der Waals surface area contributed by atoms with Crippen molar-refractivity contribution in [2.45, 2.75) is 32.2 Å². The standard InChI is InChI=1S/C14H18N2O2/c1-10-8-12(6-5-11(10)9-17)16-7-3-2-4-13(16)14(15)18/h5-6,8-9,13H,2-4,7H2,1H3,(H2,15,18). The molecule has 96 valence electrons. The molecule has 1 heterocycles. The van der Waals surface area contributed by atoms with Gasteiger partial charge in [0.1, 0.15) is 12.3 Å². The molecular formula is C14H18N2O2. The minimum atomic E-state index is -0.271. The average Bonchev–Trinajstić information content (AvgIpc) is 2.38. The second-order valence-corrected chi connectivity index (χ2v) is 4.77. The Bertz CT molecular complexity index is 471. The van der Waals surface area contributed by atoms with Gasteiger partial charge in [0.05, 0.1) is 0 Å². The van der Waals surface area contributed by atoms with Gasteiger partial charge in [-0.2, -0.15) is 0 Å². The number of nitrogens with zero attached hydrogens (tertiary/aromatic N) is 1. The molecule has 1 fully saturated rings. The lowest BCUT2D eigenvalue weighted by molar-refractivity contribution is -0.119. The van der Waals surface area contributed by atoms with Crippen molar-refractivity contribution >= 4 is 17.9 Å². The quantitative estimate of drug-likeness (QED) is 0.825. The molecule has 0 aliphatic carbocycles. The van der Waals surface area contributed by atoms with E-state index in [0.29, 0.717) is 5.56 Å². The van der Waals surface area contributed by atoms with Gasteiger partial charge in [-0.3, -0.25) is 9.59 Å². The maximum absolute atomic E-state index is 11.5. The minimum absolute atomic E-state index is 0.222. The number of rotatable bonds is 3. The van der Waals surface area contributed by atoms with Crippen LogP contribution in [-0.2, 0) is 4.79 Å². The number of aldehydes is 1. The van der Waals surface area contributed by atoms with Crippen molar-refractivity contribution in [3.05, 3.63) is 29.3 Å². The fourth-order valence-corrected chi connectivity index (χ4v) is 2.51. The predicted octanol–water partition coefficient (Wildman–Crippen LogP) is 1.65. The highest BCUT2D eigenvalue weighted by Gasteiger charge is 2.27. The summed E-state index contributed by atoms with van der Waals surface area (Å²) in [4.78, 5) is 24.3. The van der Waals surface area contributed by atoms with Crippen LogP contribution >= 0.6 is 0 Å². The first kappa shape index (κ1) is 12.6. The molecule has 1 amide bonds. The fourth-order valence-electron chi connectivity index (χ4n) is 2.51. The SMILES string of the molecule is Cc1cc(N2CCCCC2C(N)=O)ccc1C=O. The highest BCUT2D eigenvalue weighted by molar-refractivity contribution is 5.84. The highest BCUT2D eigenvalue weighted by Crippen LogP contribution is 2.26. The monoisotopic (exact) mass is 246 g/mol. The molecule has 18 heavy (non-hydrogen) atoms. The maximum Gasteiger partial charge on any atom is 0.240 e. The molecular weight excluding hydrogens is 228 g/mol. The van der Waals surface area contributed by atoms with Crippen molar-refractivity contribution in [3.63, 3.8) is 0 Å². The van der Waals surface area contributed by atoms with E-state index >= 15 is 0 Å². The van der Waals surface area contributed by atoms with Gasteiger partial charge in [-0.05, 0) is 49.9 Å². The molecule has 1 aromatic rings. The third-order valence-electron chi connectivity index (χ3n) is 3.54. The molecule has 1 saturated heterocycles. The molecule has 0 spiro atoms. The van der Waals surface area contributed by atoms with Gasteiger partial charge in [-0.25, -0.2) is 0 Å². The van der Waals surface area contributed by atoms with Gasteiger partial charge >= 0.3 is 0 Å². The number of amides is 1. The van der Waals surface area contributed by atoms with Crippen LogP contribution in [0.5, 0.6) is 0 Å². The number of anilines is 1. The predicted molar refractivity (Wildman–Crippen MR) is 70.7 cm³/mol. The summed E-state index contributed by atoms with van der Waals surface area (Å²) in [6, 6.07) is 5.41. The highest BCUT2D eigenvalue weighted by atomic mass is 16.1. The number of hydrogen-bond donors (Lipinski definition) is 1. The van der Waals surface area contributed by atoms with Crippen LogP contribution < -0.4 is 10.6 Å². The molecule has 4 nitrogen and oxygen atoms in total. The molecule has 0 radical (unpaired) electrons. The zero-order valence-electron chi connectivity index (χ0n) is 10.6. The molecule has 4 heteroatoms. The Hall–Kier alpha value is -1.84. The largest absolute Gasteiger partial charge is 0.368 e. The Morgan fingerprint density at radius 2 is 2.22 bits per heavy atom. The van der Waals surface area contributed by atoms with Gasteiger partial charge < -0.3 is 10.6 Å². The summed E-state index contributed by atoms with van der Waals surface area (Å²) >= 11 is 0. The fraction of sp³-hybridized carbons (Fsp3) is 0.429. The number of benzene rings is 1. The van der Waals surface area contributed by atoms with Crippen LogP contribution in [0.25, 0.3) is 0 Å². The van der Waals surface area contributed by atoms with Gasteiger partial charge in [0.2, 0.25) is 5.91 Å². The Balaban J connectivity index is 2.31. The van der Waals surface area contributed by atoms with Crippen LogP contribution in [0.2, 0.25) is 0 Å². The van der Waals surface area contributed by atoms with Gasteiger partial charge in [0.15, 0.2) is 0 Å². The van der Waals surface area contributed by atoms with E-state index in [-0.39, 0.29) is 11.9 Å². The molecule has 1 aliphatic heterocycles. The minimum Gasteiger partial charge on any atom is -0.368 e. The van der Waals surface area contributed by atoms with Crippen LogP contribution in [0.3, 0.4) is 0 Å². The summed E-state index contributed by atoms with van der Waals surface area (Å²) < 4.78 is 0. The Kier molecular flexibility index (Phi) is 3.65. The first-order chi connectivity index (χ1) is 8.63. The van der Waals surface area contributed by atoms with E-state index in [1.807, 2.05) is 24.0 Å². The number of primary amides is 1. The third-order valence-corrected chi connectivity index (χ3v) is 3.54. The zero-order chi connectivity index (χ0) is 13.1. The molecule has 0 saturated carbocycles. The molecule has 1 unspecified atom stereocenters. The van der Waals surface area contributed by atoms with E-state index in [1.165, 1.54) is 0 Å². The van der Waals surface area contributed by atoms with E-state index in [9.17, 15) is 9.59 Å². The van der Waals surface area contributed by atoms with Crippen LogP contribution in [0.1, 0.15) is 35.2 Å². The Morgan fingerprint density at radius 3 is 2.83 bits per heavy atom. The number of aryl methyl sites for hydroxylation is 1. The first-order valence-electron chi connectivity index (χ1n) is 6.25. The molecule has 1 aromatic carbocycles. The van der Waals surface area contributed by atoms with Crippen molar-refractivity contribution in [3.8, 4) is 0 Å². The van der Waals surface area contributed by atoms with Crippen molar-refractivity contribution in [1.29, 1.82) is 0 Å². The van der Waals surface area contributed by atoms with Crippen molar-refractivity contribution < 1.29 is 9.59 Å². The summed E-state index contributed by atoms with van der Waals surface area (Å²) in [6.45, 7) is 2.74. The molecule has 0 aromatic heterocycles. The number of piperidine rings is 1. The zero-order valence-corrected chi connectivity index (χ0v) is 10.6. The summed E-state index contributed by atoms with van der Waals surface area (Å²) in [7, 11) is 0. The Labute approximate surface area is 107 Å². The van der Waals surface area contributed by atoms with Crippen molar-refractivity contribution in [2.24, 2.45) is 5.73 Å². The molecule has 2 rings (SSSR count). The topological polar surface area (TPSA) is 63.4 Å². The van der Waals surface area contributed by atoms with Gasteiger partial charge in [-0.1, -0.05) is 0 Å². The number of hydrogen-bond acceptors (Lipinski definition) is 3. The van der Waals surface area contributed by atoms with E-state index in [0.717, 1.165) is 43.3 Å². The number of carbonyl (C=O) groups excluding carboxylic acids is 2. The number of carbonyl (C=O) groups is 2. The molecule has 1 atom stereocenters. The summed E-state index contributed by atoms with van der Waals surface area (Å²) in [5.74, 6) is -0.271. The molecule has 1 aliphatic rings.